The lowest BCUT2D eigenvalue weighted by molar-refractivity contribution is -0.113. The average Bonchev–Trinajstić information content (AvgIpc) is 3.61. The molecule has 1 atom stereocenters. The average molecular weight is 604 g/mol. The van der Waals surface area contributed by atoms with Crippen molar-refractivity contribution in [1.82, 2.24) is 4.57 Å². The maximum atomic E-state index is 14.0. The number of carbonyl (C=O) groups excluding carboxylic acids is 1. The summed E-state index contributed by atoms with van der Waals surface area (Å²) in [6.07, 6.45) is 1.67. The van der Waals surface area contributed by atoms with Crippen LogP contribution in [0.15, 0.2) is 116 Å². The van der Waals surface area contributed by atoms with Gasteiger partial charge in [0.15, 0.2) is 4.80 Å². The number of hydrogen-bond donors (Lipinski definition) is 2. The van der Waals surface area contributed by atoms with Gasteiger partial charge in [-0.1, -0.05) is 79.8 Å². The summed E-state index contributed by atoms with van der Waals surface area (Å²) >= 11 is 1.23. The predicted octanol–water partition coefficient (Wildman–Crippen LogP) is 5.96. The van der Waals surface area contributed by atoms with E-state index in [-0.39, 0.29) is 17.0 Å². The standard InChI is InChI=1S/C35H29N3O5S/c1-20(2)22-9-13-24(14-10-22)31-30(32(39)37-26-7-5-4-6-8-26)21(3)36-35-38(31)33(40)29(44-35)19-27-17-18-28(43-27)23-11-15-25(16-12-23)34(41)42/h4-20,31H,1-3H3,(H,37,39)(H,41,42)/b29-19-. The molecule has 2 aromatic heterocycles. The van der Waals surface area contributed by atoms with Crippen molar-refractivity contribution in [3.05, 3.63) is 144 Å². The highest BCUT2D eigenvalue weighted by atomic mass is 32.1. The minimum Gasteiger partial charge on any atom is -0.478 e. The number of hydrogen-bond acceptors (Lipinski definition) is 6. The molecular weight excluding hydrogens is 574 g/mol. The van der Waals surface area contributed by atoms with Crippen molar-refractivity contribution < 1.29 is 19.1 Å². The van der Waals surface area contributed by atoms with E-state index >= 15 is 0 Å². The van der Waals surface area contributed by atoms with Crippen LogP contribution < -0.4 is 20.2 Å². The van der Waals surface area contributed by atoms with E-state index in [0.29, 0.717) is 49.3 Å². The zero-order valence-electron chi connectivity index (χ0n) is 24.3. The van der Waals surface area contributed by atoms with Gasteiger partial charge in [0.1, 0.15) is 11.5 Å². The zero-order chi connectivity index (χ0) is 31.0. The Kier molecular flexibility index (Phi) is 7.71. The summed E-state index contributed by atoms with van der Waals surface area (Å²) < 4.78 is 8.00. The second-order valence-electron chi connectivity index (χ2n) is 10.8. The molecule has 6 rings (SSSR count). The van der Waals surface area contributed by atoms with Gasteiger partial charge in [0.2, 0.25) is 0 Å². The number of carboxylic acids is 1. The number of amides is 1. The fraction of sp³-hybridized carbons (Fsp3) is 0.143. The van der Waals surface area contributed by atoms with Crippen LogP contribution in [-0.4, -0.2) is 21.6 Å². The first kappa shape index (κ1) is 28.8. The lowest BCUT2D eigenvalue weighted by Gasteiger charge is -2.25. The Morgan fingerprint density at radius 1 is 0.977 bits per heavy atom. The highest BCUT2D eigenvalue weighted by molar-refractivity contribution is 7.07. The Morgan fingerprint density at radius 3 is 2.34 bits per heavy atom. The number of rotatable bonds is 7. The van der Waals surface area contributed by atoms with Crippen molar-refractivity contribution in [3.63, 3.8) is 0 Å². The summed E-state index contributed by atoms with van der Waals surface area (Å²) in [5, 5.41) is 12.1. The van der Waals surface area contributed by atoms with Crippen LogP contribution in [-0.2, 0) is 4.79 Å². The van der Waals surface area contributed by atoms with Crippen molar-refractivity contribution in [1.29, 1.82) is 0 Å². The number of benzene rings is 3. The topological polar surface area (TPSA) is 114 Å². The van der Waals surface area contributed by atoms with Crippen molar-refractivity contribution in [2.45, 2.75) is 32.7 Å². The molecular formula is C35H29N3O5S. The first-order chi connectivity index (χ1) is 21.2. The van der Waals surface area contributed by atoms with Gasteiger partial charge >= 0.3 is 5.97 Å². The van der Waals surface area contributed by atoms with Gasteiger partial charge in [-0.15, -0.1) is 0 Å². The quantitative estimate of drug-likeness (QED) is 0.239. The molecule has 0 saturated carbocycles. The molecule has 9 heteroatoms. The van der Waals surface area contributed by atoms with E-state index in [2.05, 4.69) is 19.2 Å². The molecule has 5 aromatic rings. The van der Waals surface area contributed by atoms with Gasteiger partial charge in [-0.25, -0.2) is 9.79 Å². The second kappa shape index (κ2) is 11.8. The molecule has 44 heavy (non-hydrogen) atoms. The van der Waals surface area contributed by atoms with Crippen LogP contribution in [0, 0.1) is 0 Å². The lowest BCUT2D eigenvalue weighted by Crippen LogP contribution is -2.40. The van der Waals surface area contributed by atoms with E-state index in [4.69, 9.17) is 9.41 Å². The Balaban J connectivity index is 1.42. The molecule has 0 fully saturated rings. The van der Waals surface area contributed by atoms with Gasteiger partial charge in [-0.05, 0) is 60.4 Å². The Bertz CT molecular complexity index is 2080. The van der Waals surface area contributed by atoms with E-state index in [1.54, 1.807) is 41.8 Å². The van der Waals surface area contributed by atoms with Gasteiger partial charge < -0.3 is 14.8 Å². The molecule has 1 unspecified atom stereocenters. The maximum absolute atomic E-state index is 14.0. The number of anilines is 1. The van der Waals surface area contributed by atoms with Crippen LogP contribution in [0.4, 0.5) is 5.69 Å². The third-order valence-electron chi connectivity index (χ3n) is 7.53. The number of thiazole rings is 1. The molecule has 2 N–H and O–H groups in total. The van der Waals surface area contributed by atoms with Gasteiger partial charge in [0.05, 0.1) is 27.4 Å². The molecule has 0 aliphatic carbocycles. The molecule has 1 aliphatic rings. The molecule has 0 saturated heterocycles. The van der Waals surface area contributed by atoms with Gasteiger partial charge in [-0.2, -0.15) is 0 Å². The second-order valence-corrected chi connectivity index (χ2v) is 11.8. The zero-order valence-corrected chi connectivity index (χ0v) is 25.1. The molecule has 220 valence electrons. The summed E-state index contributed by atoms with van der Waals surface area (Å²) in [6.45, 7) is 6.03. The van der Waals surface area contributed by atoms with Crippen LogP contribution in [0.2, 0.25) is 0 Å². The lowest BCUT2D eigenvalue weighted by atomic mass is 9.93. The van der Waals surface area contributed by atoms with Gasteiger partial charge in [0, 0.05) is 17.3 Å². The number of aromatic nitrogens is 1. The predicted molar refractivity (Wildman–Crippen MR) is 170 cm³/mol. The van der Waals surface area contributed by atoms with Crippen LogP contribution >= 0.6 is 11.3 Å². The number of fused-ring (bicyclic) bond motifs is 1. The molecule has 8 nitrogen and oxygen atoms in total. The van der Waals surface area contributed by atoms with Crippen LogP contribution in [0.3, 0.4) is 0 Å². The molecule has 0 spiro atoms. The van der Waals surface area contributed by atoms with Crippen LogP contribution in [0.25, 0.3) is 17.4 Å². The monoisotopic (exact) mass is 603 g/mol. The van der Waals surface area contributed by atoms with Crippen molar-refractivity contribution in [2.75, 3.05) is 5.32 Å². The van der Waals surface area contributed by atoms with E-state index in [1.165, 1.54) is 23.5 Å². The third-order valence-corrected chi connectivity index (χ3v) is 8.52. The number of para-hydroxylation sites is 1. The van der Waals surface area contributed by atoms with Crippen molar-refractivity contribution in [3.8, 4) is 11.3 Å². The first-order valence-electron chi connectivity index (χ1n) is 14.1. The maximum Gasteiger partial charge on any atom is 0.335 e. The normalized spacial score (nSPS) is 14.8. The molecule has 3 heterocycles. The minimum atomic E-state index is -1.00. The number of nitrogens with zero attached hydrogens (tertiary/aromatic N) is 2. The fourth-order valence-corrected chi connectivity index (χ4v) is 6.23. The van der Waals surface area contributed by atoms with Crippen LogP contribution in [0.1, 0.15) is 60.0 Å². The first-order valence-corrected chi connectivity index (χ1v) is 14.9. The highest BCUT2D eigenvalue weighted by Gasteiger charge is 2.32. The number of carboxylic acid groups (broad SMARTS) is 1. The van der Waals surface area contributed by atoms with Crippen molar-refractivity contribution >= 4 is 35.0 Å². The summed E-state index contributed by atoms with van der Waals surface area (Å²) in [7, 11) is 0. The van der Waals surface area contributed by atoms with Crippen LogP contribution in [0.5, 0.6) is 0 Å². The summed E-state index contributed by atoms with van der Waals surface area (Å²) in [5.41, 5.74) is 4.16. The summed E-state index contributed by atoms with van der Waals surface area (Å²) in [4.78, 5) is 44.2. The van der Waals surface area contributed by atoms with E-state index in [9.17, 15) is 19.5 Å². The number of furan rings is 1. The molecule has 1 aliphatic heterocycles. The number of nitrogens with one attached hydrogen (secondary N) is 1. The summed E-state index contributed by atoms with van der Waals surface area (Å²) in [5.74, 6) is 0.00635. The molecule has 1 amide bonds. The largest absolute Gasteiger partial charge is 0.478 e. The minimum absolute atomic E-state index is 0.183. The highest BCUT2D eigenvalue weighted by Crippen LogP contribution is 2.32. The van der Waals surface area contributed by atoms with Gasteiger partial charge in [0.25, 0.3) is 11.5 Å². The molecule has 3 aromatic carbocycles. The van der Waals surface area contributed by atoms with E-state index < -0.39 is 12.0 Å². The molecule has 0 bridgehead atoms. The van der Waals surface area contributed by atoms with E-state index in [1.807, 2.05) is 54.6 Å². The number of carbonyl (C=O) groups is 2. The number of aromatic carboxylic acids is 1. The smallest absolute Gasteiger partial charge is 0.335 e. The number of allylic oxidation sites excluding steroid dienone is 1. The Hall–Kier alpha value is -5.28. The Morgan fingerprint density at radius 2 is 1.68 bits per heavy atom. The Labute approximate surface area is 257 Å². The van der Waals surface area contributed by atoms with E-state index in [0.717, 1.165) is 11.1 Å². The fourth-order valence-electron chi connectivity index (χ4n) is 5.20. The SMILES string of the molecule is CC1=C(C(=O)Nc2ccccc2)C(c2ccc(C(C)C)cc2)n2c(s/c(=C\c3ccc(-c4ccc(C(=O)O)cc4)o3)c2=O)=N1. The van der Waals surface area contributed by atoms with Crippen molar-refractivity contribution in [2.24, 2.45) is 4.99 Å². The van der Waals surface area contributed by atoms with Gasteiger partial charge in [-0.3, -0.25) is 14.2 Å². The molecule has 0 radical (unpaired) electrons. The summed E-state index contributed by atoms with van der Waals surface area (Å²) in [6, 6.07) is 26.4. The third kappa shape index (κ3) is 5.57.